The van der Waals surface area contributed by atoms with Crippen molar-refractivity contribution in [2.75, 3.05) is 6.61 Å². The molecule has 1 amide bonds. The van der Waals surface area contributed by atoms with Crippen LogP contribution in [0.2, 0.25) is 0 Å². The fourth-order valence-corrected chi connectivity index (χ4v) is 0.524. The van der Waals surface area contributed by atoms with E-state index >= 15 is 0 Å². The van der Waals surface area contributed by atoms with Crippen LogP contribution < -0.4 is 5.43 Å². The van der Waals surface area contributed by atoms with E-state index in [0.717, 1.165) is 6.21 Å². The standard InChI is InChI=1S/C8H16N2O4/c1-8(2,3)14-7(13)10-9-4-6(12)5-11/h4,6,11-12H,5H2,1-3H3,(H,10,13). The van der Waals surface area contributed by atoms with E-state index in [0.29, 0.717) is 0 Å². The molecule has 6 nitrogen and oxygen atoms in total. The highest BCUT2D eigenvalue weighted by Crippen LogP contribution is 2.05. The van der Waals surface area contributed by atoms with Gasteiger partial charge in [0, 0.05) is 0 Å². The fourth-order valence-electron chi connectivity index (χ4n) is 0.524. The van der Waals surface area contributed by atoms with Crippen LogP contribution in [0.4, 0.5) is 4.79 Å². The average Bonchev–Trinajstić information content (AvgIpc) is 2.00. The second kappa shape index (κ2) is 5.56. The molecule has 0 bridgehead atoms. The zero-order valence-electron chi connectivity index (χ0n) is 8.52. The molecule has 3 N–H and O–H groups in total. The van der Waals surface area contributed by atoms with Gasteiger partial charge in [-0.05, 0) is 20.8 Å². The number of carbonyl (C=O) groups is 1. The zero-order valence-corrected chi connectivity index (χ0v) is 8.52. The van der Waals surface area contributed by atoms with Crippen molar-refractivity contribution in [1.29, 1.82) is 0 Å². The van der Waals surface area contributed by atoms with Gasteiger partial charge in [0.2, 0.25) is 0 Å². The van der Waals surface area contributed by atoms with E-state index in [-0.39, 0.29) is 0 Å². The topological polar surface area (TPSA) is 91.2 Å². The van der Waals surface area contributed by atoms with E-state index in [1.807, 2.05) is 5.43 Å². The second-order valence-electron chi connectivity index (χ2n) is 3.64. The number of amides is 1. The number of aliphatic hydroxyl groups is 2. The van der Waals surface area contributed by atoms with E-state index in [2.05, 4.69) is 5.10 Å². The quantitative estimate of drug-likeness (QED) is 0.440. The van der Waals surface area contributed by atoms with Gasteiger partial charge >= 0.3 is 6.09 Å². The third-order valence-electron chi connectivity index (χ3n) is 0.988. The average molecular weight is 204 g/mol. The Kier molecular flexibility index (Phi) is 5.11. The number of nitrogens with zero attached hydrogens (tertiary/aromatic N) is 1. The number of aliphatic hydroxyl groups excluding tert-OH is 2. The summed E-state index contributed by atoms with van der Waals surface area (Å²) in [6, 6.07) is 0. The van der Waals surface area contributed by atoms with Crippen molar-refractivity contribution in [3.8, 4) is 0 Å². The first-order valence-electron chi connectivity index (χ1n) is 4.16. The first kappa shape index (κ1) is 12.9. The van der Waals surface area contributed by atoms with Crippen LogP contribution in [0.5, 0.6) is 0 Å². The number of rotatable bonds is 3. The number of ether oxygens (including phenoxy) is 1. The Balaban J connectivity index is 3.80. The molecule has 0 fully saturated rings. The maximum atomic E-state index is 10.9. The summed E-state index contributed by atoms with van der Waals surface area (Å²) in [5.41, 5.74) is 1.45. The lowest BCUT2D eigenvalue weighted by atomic mass is 10.2. The summed E-state index contributed by atoms with van der Waals surface area (Å²) in [5, 5.41) is 20.6. The van der Waals surface area contributed by atoms with Crippen LogP contribution in [-0.2, 0) is 4.74 Å². The third-order valence-corrected chi connectivity index (χ3v) is 0.988. The summed E-state index contributed by atoms with van der Waals surface area (Å²) < 4.78 is 4.85. The molecule has 0 aliphatic heterocycles. The Morgan fingerprint density at radius 2 is 2.21 bits per heavy atom. The number of carbonyl (C=O) groups excluding carboxylic acids is 1. The molecule has 0 aliphatic rings. The van der Waals surface area contributed by atoms with Crippen molar-refractivity contribution in [2.24, 2.45) is 5.10 Å². The van der Waals surface area contributed by atoms with Crippen molar-refractivity contribution in [1.82, 2.24) is 5.43 Å². The van der Waals surface area contributed by atoms with Gasteiger partial charge in [0.15, 0.2) is 0 Å². The molecule has 0 aromatic carbocycles. The van der Waals surface area contributed by atoms with E-state index < -0.39 is 24.4 Å². The largest absolute Gasteiger partial charge is 0.443 e. The Morgan fingerprint density at radius 3 is 2.64 bits per heavy atom. The maximum absolute atomic E-state index is 10.9. The Bertz CT molecular complexity index is 210. The lowest BCUT2D eigenvalue weighted by Gasteiger charge is -2.18. The van der Waals surface area contributed by atoms with E-state index in [9.17, 15) is 4.79 Å². The molecule has 6 heteroatoms. The molecule has 14 heavy (non-hydrogen) atoms. The Hall–Kier alpha value is -1.14. The fraction of sp³-hybridized carbons (Fsp3) is 0.750. The zero-order chi connectivity index (χ0) is 11.2. The van der Waals surface area contributed by atoms with Gasteiger partial charge < -0.3 is 14.9 Å². The molecule has 0 saturated heterocycles. The number of hydrogen-bond acceptors (Lipinski definition) is 5. The van der Waals surface area contributed by atoms with Crippen LogP contribution in [0.15, 0.2) is 5.10 Å². The van der Waals surface area contributed by atoms with E-state index in [1.165, 1.54) is 0 Å². The minimum absolute atomic E-state index is 0.445. The van der Waals surface area contributed by atoms with Crippen LogP contribution in [0.1, 0.15) is 20.8 Å². The molecule has 1 unspecified atom stereocenters. The molecule has 1 atom stereocenters. The Morgan fingerprint density at radius 1 is 1.64 bits per heavy atom. The van der Waals surface area contributed by atoms with Gasteiger partial charge in [0.05, 0.1) is 12.8 Å². The molecular weight excluding hydrogens is 188 g/mol. The molecular formula is C8H16N2O4. The van der Waals surface area contributed by atoms with Crippen molar-refractivity contribution in [3.05, 3.63) is 0 Å². The smallest absolute Gasteiger partial charge is 0.428 e. The van der Waals surface area contributed by atoms with Crippen molar-refractivity contribution < 1.29 is 19.7 Å². The summed E-state index contributed by atoms with van der Waals surface area (Å²) in [6.45, 7) is 4.72. The van der Waals surface area contributed by atoms with Gasteiger partial charge in [0.25, 0.3) is 0 Å². The highest BCUT2D eigenvalue weighted by Gasteiger charge is 2.15. The highest BCUT2D eigenvalue weighted by molar-refractivity contribution is 5.70. The highest BCUT2D eigenvalue weighted by atomic mass is 16.6. The van der Waals surface area contributed by atoms with Crippen LogP contribution in [0.3, 0.4) is 0 Å². The Labute approximate surface area is 82.6 Å². The number of hydrazone groups is 1. The molecule has 0 spiro atoms. The van der Waals surface area contributed by atoms with Gasteiger partial charge in [-0.25, -0.2) is 10.2 Å². The van der Waals surface area contributed by atoms with Crippen LogP contribution in [0.25, 0.3) is 0 Å². The van der Waals surface area contributed by atoms with Crippen LogP contribution >= 0.6 is 0 Å². The summed E-state index contributed by atoms with van der Waals surface area (Å²) in [4.78, 5) is 10.9. The van der Waals surface area contributed by atoms with Gasteiger partial charge in [0.1, 0.15) is 11.7 Å². The molecule has 0 heterocycles. The molecule has 0 aliphatic carbocycles. The lowest BCUT2D eigenvalue weighted by Crippen LogP contribution is -2.30. The molecule has 0 aromatic rings. The summed E-state index contributed by atoms with van der Waals surface area (Å²) in [7, 11) is 0. The first-order valence-corrected chi connectivity index (χ1v) is 4.16. The summed E-state index contributed by atoms with van der Waals surface area (Å²) in [6.07, 6.45) is -0.784. The molecule has 82 valence electrons. The van der Waals surface area contributed by atoms with E-state index in [1.54, 1.807) is 20.8 Å². The first-order chi connectivity index (χ1) is 6.35. The minimum atomic E-state index is -1.08. The monoisotopic (exact) mass is 204 g/mol. The lowest BCUT2D eigenvalue weighted by molar-refractivity contribution is 0.0528. The van der Waals surface area contributed by atoms with Crippen LogP contribution in [0, 0.1) is 0 Å². The van der Waals surface area contributed by atoms with Crippen molar-refractivity contribution in [3.63, 3.8) is 0 Å². The minimum Gasteiger partial charge on any atom is -0.443 e. The molecule has 0 aromatic heterocycles. The van der Waals surface area contributed by atoms with Gasteiger partial charge in [-0.1, -0.05) is 0 Å². The normalized spacial score (nSPS) is 14.1. The van der Waals surface area contributed by atoms with E-state index in [4.69, 9.17) is 14.9 Å². The predicted octanol–water partition coefficient (Wildman–Crippen LogP) is -0.150. The molecule has 0 rings (SSSR count). The summed E-state index contributed by atoms with van der Waals surface area (Å²) in [5.74, 6) is 0. The predicted molar refractivity (Wildman–Crippen MR) is 51.0 cm³/mol. The maximum Gasteiger partial charge on any atom is 0.428 e. The molecule has 0 saturated carbocycles. The van der Waals surface area contributed by atoms with Gasteiger partial charge in [-0.2, -0.15) is 5.10 Å². The van der Waals surface area contributed by atoms with Gasteiger partial charge in [-0.15, -0.1) is 0 Å². The van der Waals surface area contributed by atoms with Gasteiger partial charge in [-0.3, -0.25) is 0 Å². The van der Waals surface area contributed by atoms with Crippen molar-refractivity contribution >= 4 is 12.3 Å². The summed E-state index contributed by atoms with van der Waals surface area (Å²) >= 11 is 0. The van der Waals surface area contributed by atoms with Crippen LogP contribution in [-0.4, -0.2) is 40.8 Å². The SMILES string of the molecule is CC(C)(C)OC(=O)NN=CC(O)CO. The number of hydrogen-bond donors (Lipinski definition) is 3. The van der Waals surface area contributed by atoms with Crippen molar-refractivity contribution in [2.45, 2.75) is 32.5 Å². The third kappa shape index (κ3) is 7.51. The number of nitrogens with one attached hydrogen (secondary N) is 1. The molecule has 0 radical (unpaired) electrons. The second-order valence-corrected chi connectivity index (χ2v) is 3.64.